The number of rotatable bonds is 2. The van der Waals surface area contributed by atoms with Gasteiger partial charge in [0.05, 0.1) is 23.6 Å². The number of carbonyl (C=O) groups is 1. The molecule has 2 N–H and O–H groups in total. The lowest BCUT2D eigenvalue weighted by Gasteiger charge is -2.39. The van der Waals surface area contributed by atoms with Crippen molar-refractivity contribution in [2.24, 2.45) is 5.41 Å². The van der Waals surface area contributed by atoms with Crippen molar-refractivity contribution in [1.82, 2.24) is 19.6 Å². The van der Waals surface area contributed by atoms with E-state index in [1.54, 1.807) is 4.90 Å². The van der Waals surface area contributed by atoms with E-state index in [2.05, 4.69) is 10.00 Å². The highest BCUT2D eigenvalue weighted by molar-refractivity contribution is 6.30. The molecule has 2 saturated heterocycles. The maximum Gasteiger partial charge on any atom is 0.416 e. The molecule has 0 radical (unpaired) electrons. The smallest absolute Gasteiger partial charge is 0.396 e. The Morgan fingerprint density at radius 1 is 1.20 bits per heavy atom. The van der Waals surface area contributed by atoms with Crippen LogP contribution in [-0.2, 0) is 12.7 Å². The fourth-order valence-corrected chi connectivity index (χ4v) is 4.73. The van der Waals surface area contributed by atoms with Crippen LogP contribution in [0.4, 0.5) is 23.7 Å². The predicted octanol–water partition coefficient (Wildman–Crippen LogP) is 4.09. The summed E-state index contributed by atoms with van der Waals surface area (Å²) in [7, 11) is 0. The molecule has 1 aromatic carbocycles. The van der Waals surface area contributed by atoms with Crippen LogP contribution in [0.3, 0.4) is 0 Å². The Morgan fingerprint density at radius 3 is 2.53 bits per heavy atom. The quantitative estimate of drug-likeness (QED) is 0.762. The van der Waals surface area contributed by atoms with E-state index in [-0.39, 0.29) is 23.6 Å². The highest BCUT2D eigenvalue weighted by atomic mass is 35.5. The number of piperidine rings is 1. The van der Waals surface area contributed by atoms with E-state index in [1.165, 1.54) is 29.2 Å². The molecule has 0 unspecified atom stereocenters. The second-order valence-corrected chi connectivity index (χ2v) is 8.68. The summed E-state index contributed by atoms with van der Waals surface area (Å²) in [6.45, 7) is 2.85. The van der Waals surface area contributed by atoms with Gasteiger partial charge in [0, 0.05) is 31.2 Å². The molecule has 162 valence electrons. The second-order valence-electron chi connectivity index (χ2n) is 8.25. The maximum atomic E-state index is 13.3. The van der Waals surface area contributed by atoms with E-state index in [4.69, 9.17) is 17.3 Å². The summed E-state index contributed by atoms with van der Waals surface area (Å²) in [5, 5.41) is 4.27. The van der Waals surface area contributed by atoms with Gasteiger partial charge in [-0.2, -0.15) is 23.0 Å². The van der Waals surface area contributed by atoms with Crippen molar-refractivity contribution in [2.75, 3.05) is 31.9 Å². The van der Waals surface area contributed by atoms with Crippen molar-refractivity contribution < 1.29 is 18.0 Å². The minimum atomic E-state index is -4.40. The van der Waals surface area contributed by atoms with Crippen LogP contribution < -0.4 is 5.73 Å². The number of carbonyl (C=O) groups excluding carboxylic acids is 1. The molecule has 1 aromatic heterocycles. The molecule has 0 atom stereocenters. The summed E-state index contributed by atoms with van der Waals surface area (Å²) >= 11 is 5.95. The Labute approximate surface area is 177 Å². The summed E-state index contributed by atoms with van der Waals surface area (Å²) < 4.78 is 41.3. The number of alkyl halides is 3. The first kappa shape index (κ1) is 21.0. The maximum absolute atomic E-state index is 13.3. The summed E-state index contributed by atoms with van der Waals surface area (Å²) in [6, 6.07) is 3.53. The molecule has 2 aromatic rings. The number of halogens is 4. The fourth-order valence-electron chi connectivity index (χ4n) is 4.54. The van der Waals surface area contributed by atoms with Crippen LogP contribution in [0, 0.1) is 5.41 Å². The summed E-state index contributed by atoms with van der Waals surface area (Å²) in [5.74, 6) is 0. The minimum absolute atomic E-state index is 0.0247. The number of hydrogen-bond acceptors (Lipinski definition) is 4. The van der Waals surface area contributed by atoms with Crippen molar-refractivity contribution in [2.45, 2.75) is 32.0 Å². The van der Waals surface area contributed by atoms with Gasteiger partial charge in [-0.1, -0.05) is 11.6 Å². The standard InChI is InChI=1S/C20H23ClF3N5O/c21-15-1-2-17(20(22,23)24)14(9-15)11-27-6-3-19(13-27)4-7-28(8-5-19)18(30)29-12-16(25)10-26-29/h1-2,9-10,12H,3-8,11,13,25H2. The zero-order valence-corrected chi connectivity index (χ0v) is 17.1. The molecule has 0 bridgehead atoms. The average Bonchev–Trinajstić information content (AvgIpc) is 3.28. The van der Waals surface area contributed by atoms with Gasteiger partial charge in [-0.3, -0.25) is 4.90 Å². The zero-order chi connectivity index (χ0) is 21.5. The molecular weight excluding hydrogens is 419 g/mol. The number of nitrogens with two attached hydrogens (primary N) is 1. The molecule has 10 heteroatoms. The third kappa shape index (κ3) is 4.27. The van der Waals surface area contributed by atoms with Gasteiger partial charge in [0.25, 0.3) is 0 Å². The Hall–Kier alpha value is -2.26. The van der Waals surface area contributed by atoms with Gasteiger partial charge in [-0.05, 0) is 55.0 Å². The molecule has 2 aliphatic heterocycles. The Morgan fingerprint density at radius 2 is 1.90 bits per heavy atom. The minimum Gasteiger partial charge on any atom is -0.396 e. The predicted molar refractivity (Wildman–Crippen MR) is 107 cm³/mol. The van der Waals surface area contributed by atoms with E-state index in [0.29, 0.717) is 30.3 Å². The normalized spacial score (nSPS) is 19.5. The average molecular weight is 442 g/mol. The third-order valence-electron chi connectivity index (χ3n) is 6.18. The van der Waals surface area contributed by atoms with Gasteiger partial charge in [0.1, 0.15) is 0 Å². The number of nitrogens with zero attached hydrogens (tertiary/aromatic N) is 4. The van der Waals surface area contributed by atoms with Gasteiger partial charge in [-0.25, -0.2) is 4.79 Å². The molecule has 0 aliphatic carbocycles. The van der Waals surface area contributed by atoms with E-state index in [9.17, 15) is 18.0 Å². The summed E-state index contributed by atoms with van der Waals surface area (Å²) in [5.41, 5.74) is 5.66. The highest BCUT2D eigenvalue weighted by Crippen LogP contribution is 2.42. The Bertz CT molecular complexity index is 937. The zero-order valence-electron chi connectivity index (χ0n) is 16.3. The number of benzene rings is 1. The fraction of sp³-hybridized carbons (Fsp3) is 0.500. The molecule has 1 spiro atoms. The molecule has 2 fully saturated rings. The SMILES string of the molecule is Nc1cnn(C(=O)N2CCC3(CCN(Cc4cc(Cl)ccc4C(F)(F)F)C3)CC2)c1. The van der Waals surface area contributed by atoms with Crippen molar-refractivity contribution in [3.05, 3.63) is 46.7 Å². The highest BCUT2D eigenvalue weighted by Gasteiger charge is 2.42. The topological polar surface area (TPSA) is 67.4 Å². The number of nitrogen functional groups attached to an aromatic ring is 1. The molecular formula is C20H23ClF3N5O. The van der Waals surface area contributed by atoms with Crippen LogP contribution in [0.15, 0.2) is 30.6 Å². The number of aromatic nitrogens is 2. The molecule has 6 nitrogen and oxygen atoms in total. The largest absolute Gasteiger partial charge is 0.416 e. The monoisotopic (exact) mass is 441 g/mol. The first-order chi connectivity index (χ1) is 14.2. The van der Waals surface area contributed by atoms with Crippen molar-refractivity contribution in [1.29, 1.82) is 0 Å². The Kier molecular flexibility index (Phi) is 5.44. The van der Waals surface area contributed by atoms with Gasteiger partial charge < -0.3 is 10.6 Å². The summed E-state index contributed by atoms with van der Waals surface area (Å²) in [4.78, 5) is 16.3. The van der Waals surface area contributed by atoms with Crippen LogP contribution in [-0.4, -0.2) is 51.8 Å². The van der Waals surface area contributed by atoms with Crippen molar-refractivity contribution in [3.8, 4) is 0 Å². The lowest BCUT2D eigenvalue weighted by atomic mass is 9.78. The number of anilines is 1. The van der Waals surface area contributed by atoms with E-state index in [1.807, 2.05) is 0 Å². The molecule has 0 saturated carbocycles. The van der Waals surface area contributed by atoms with Crippen LogP contribution in [0.25, 0.3) is 0 Å². The van der Waals surface area contributed by atoms with Gasteiger partial charge in [0.15, 0.2) is 0 Å². The van der Waals surface area contributed by atoms with Gasteiger partial charge in [0.2, 0.25) is 0 Å². The summed E-state index contributed by atoms with van der Waals surface area (Å²) in [6.07, 6.45) is 1.06. The van der Waals surface area contributed by atoms with E-state index >= 15 is 0 Å². The van der Waals surface area contributed by atoms with E-state index < -0.39 is 11.7 Å². The van der Waals surface area contributed by atoms with Crippen molar-refractivity contribution in [3.63, 3.8) is 0 Å². The third-order valence-corrected chi connectivity index (χ3v) is 6.41. The van der Waals surface area contributed by atoms with Gasteiger partial charge in [-0.15, -0.1) is 0 Å². The first-order valence-corrected chi connectivity index (χ1v) is 10.2. The molecule has 1 amide bonds. The number of likely N-dealkylation sites (tertiary alicyclic amines) is 2. The first-order valence-electron chi connectivity index (χ1n) is 9.83. The lowest BCUT2D eigenvalue weighted by molar-refractivity contribution is -0.138. The van der Waals surface area contributed by atoms with E-state index in [0.717, 1.165) is 31.9 Å². The number of amides is 1. The molecule has 2 aliphatic rings. The molecule has 30 heavy (non-hydrogen) atoms. The van der Waals surface area contributed by atoms with Crippen LogP contribution >= 0.6 is 11.6 Å². The number of hydrogen-bond donors (Lipinski definition) is 1. The molecule has 4 rings (SSSR count). The van der Waals surface area contributed by atoms with Crippen molar-refractivity contribution >= 4 is 23.3 Å². The Balaban J connectivity index is 1.39. The second kappa shape index (κ2) is 7.77. The molecule has 3 heterocycles. The van der Waals surface area contributed by atoms with Crippen LogP contribution in [0.5, 0.6) is 0 Å². The lowest BCUT2D eigenvalue weighted by Crippen LogP contribution is -2.45. The van der Waals surface area contributed by atoms with Gasteiger partial charge >= 0.3 is 12.2 Å². The van der Waals surface area contributed by atoms with Crippen LogP contribution in [0.2, 0.25) is 5.02 Å². The van der Waals surface area contributed by atoms with Crippen LogP contribution in [0.1, 0.15) is 30.4 Å².